The third kappa shape index (κ3) is 6.44. The van der Waals surface area contributed by atoms with Gasteiger partial charge in [0.25, 0.3) is 11.8 Å². The highest BCUT2D eigenvalue weighted by molar-refractivity contribution is 6.04. The summed E-state index contributed by atoms with van der Waals surface area (Å²) in [7, 11) is 0. The van der Waals surface area contributed by atoms with Crippen LogP contribution in [-0.2, 0) is 12.8 Å². The van der Waals surface area contributed by atoms with E-state index in [4.69, 9.17) is 0 Å². The van der Waals surface area contributed by atoms with Crippen LogP contribution in [0.3, 0.4) is 0 Å². The van der Waals surface area contributed by atoms with Gasteiger partial charge in [0.15, 0.2) is 0 Å². The van der Waals surface area contributed by atoms with Crippen molar-refractivity contribution in [3.05, 3.63) is 101 Å². The number of piperidine rings is 1. The van der Waals surface area contributed by atoms with Crippen molar-refractivity contribution in [2.45, 2.75) is 44.6 Å². The fraction of sp³-hybridized carbons (Fsp3) is 0.273. The maximum Gasteiger partial charge on any atom is 0.272 e. The average Bonchev–Trinajstić information content (AvgIpc) is 3.44. The van der Waals surface area contributed by atoms with Gasteiger partial charge in [-0.25, -0.2) is 0 Å². The highest BCUT2D eigenvalue weighted by Gasteiger charge is 2.18. The number of rotatable bonds is 7. The molecule has 41 heavy (non-hydrogen) atoms. The number of benzene rings is 3. The molecule has 2 amide bonds. The van der Waals surface area contributed by atoms with E-state index >= 15 is 0 Å². The van der Waals surface area contributed by atoms with Crippen LogP contribution in [0.2, 0.25) is 0 Å². The smallest absolute Gasteiger partial charge is 0.272 e. The van der Waals surface area contributed by atoms with Crippen molar-refractivity contribution in [1.29, 1.82) is 0 Å². The first-order valence-electron chi connectivity index (χ1n) is 14.3. The molecule has 0 atom stereocenters. The second kappa shape index (κ2) is 11.9. The first-order chi connectivity index (χ1) is 20.0. The summed E-state index contributed by atoms with van der Waals surface area (Å²) in [6, 6.07) is 24.7. The summed E-state index contributed by atoms with van der Waals surface area (Å²) in [5.74, 6) is -0.292. The predicted molar refractivity (Wildman–Crippen MR) is 163 cm³/mol. The number of fused-ring (bicyclic) bond motifs is 1. The minimum Gasteiger partial charge on any atom is -0.393 e. The standard InChI is InChI=1S/C33H35N5O3/c39-29-17-19-38(20-18-29)28-15-5-22(6-16-28)32(40)35-26-11-7-24(8-12-26)34-25-9-13-27(14-10-25)36-33(41)31-21-23-3-1-2-4-30(23)37-31/h5-16,21,29,34,37,39H,1-4,17-20H2,(H,35,40)(H,36,41). The van der Waals surface area contributed by atoms with Crippen molar-refractivity contribution in [2.75, 3.05) is 33.9 Å². The van der Waals surface area contributed by atoms with E-state index in [-0.39, 0.29) is 17.9 Å². The lowest BCUT2D eigenvalue weighted by Gasteiger charge is -2.31. The van der Waals surface area contributed by atoms with Crippen LogP contribution >= 0.6 is 0 Å². The molecule has 1 saturated heterocycles. The number of nitrogens with one attached hydrogen (secondary N) is 4. The van der Waals surface area contributed by atoms with Crippen molar-refractivity contribution in [2.24, 2.45) is 0 Å². The number of carbonyl (C=O) groups is 2. The van der Waals surface area contributed by atoms with Crippen molar-refractivity contribution in [3.63, 3.8) is 0 Å². The maximum atomic E-state index is 12.8. The molecule has 4 aromatic rings. The molecule has 210 valence electrons. The first kappa shape index (κ1) is 26.7. The molecule has 0 spiro atoms. The molecule has 1 aromatic heterocycles. The van der Waals surface area contributed by atoms with Crippen LogP contribution < -0.4 is 20.9 Å². The Balaban J connectivity index is 1.00. The molecule has 0 bridgehead atoms. The molecule has 1 fully saturated rings. The van der Waals surface area contributed by atoms with Crippen LogP contribution in [0.4, 0.5) is 28.4 Å². The topological polar surface area (TPSA) is 109 Å². The molecule has 5 N–H and O–H groups in total. The number of aliphatic hydroxyl groups excluding tert-OH is 1. The molecule has 2 aliphatic rings. The summed E-state index contributed by atoms with van der Waals surface area (Å²) in [5, 5.41) is 19.0. The molecule has 8 heteroatoms. The number of aryl methyl sites for hydroxylation is 2. The van der Waals surface area contributed by atoms with Gasteiger partial charge in [0.2, 0.25) is 0 Å². The van der Waals surface area contributed by atoms with E-state index in [9.17, 15) is 14.7 Å². The number of anilines is 5. The highest BCUT2D eigenvalue weighted by atomic mass is 16.3. The largest absolute Gasteiger partial charge is 0.393 e. The van der Waals surface area contributed by atoms with Gasteiger partial charge in [-0.05, 0) is 123 Å². The van der Waals surface area contributed by atoms with Gasteiger partial charge in [-0.3, -0.25) is 9.59 Å². The summed E-state index contributed by atoms with van der Waals surface area (Å²) in [4.78, 5) is 31.0. The van der Waals surface area contributed by atoms with Gasteiger partial charge in [-0.15, -0.1) is 0 Å². The van der Waals surface area contributed by atoms with E-state index < -0.39 is 0 Å². The SMILES string of the molecule is O=C(Nc1ccc(Nc2ccc(NC(=O)c3cc4c([nH]3)CCCC4)cc2)cc1)c1ccc(N2CCC(O)CC2)cc1. The number of aromatic nitrogens is 1. The number of H-pyrrole nitrogens is 1. The third-order valence-corrected chi connectivity index (χ3v) is 7.89. The number of hydrogen-bond donors (Lipinski definition) is 5. The number of aromatic amines is 1. The van der Waals surface area contributed by atoms with Gasteiger partial charge in [0.1, 0.15) is 5.69 Å². The van der Waals surface area contributed by atoms with E-state index in [0.29, 0.717) is 16.9 Å². The zero-order chi connectivity index (χ0) is 28.2. The zero-order valence-electron chi connectivity index (χ0n) is 23.0. The summed E-state index contributed by atoms with van der Waals surface area (Å²) in [6.45, 7) is 1.65. The van der Waals surface area contributed by atoms with Crippen molar-refractivity contribution >= 4 is 40.3 Å². The summed E-state index contributed by atoms with van der Waals surface area (Å²) >= 11 is 0. The highest BCUT2D eigenvalue weighted by Crippen LogP contribution is 2.25. The van der Waals surface area contributed by atoms with Crippen molar-refractivity contribution in [3.8, 4) is 0 Å². The van der Waals surface area contributed by atoms with Crippen molar-refractivity contribution in [1.82, 2.24) is 4.98 Å². The summed E-state index contributed by atoms with van der Waals surface area (Å²) < 4.78 is 0. The summed E-state index contributed by atoms with van der Waals surface area (Å²) in [5.41, 5.74) is 7.93. The molecule has 3 aromatic carbocycles. The van der Waals surface area contributed by atoms with E-state index in [1.165, 1.54) is 24.1 Å². The van der Waals surface area contributed by atoms with Crippen LogP contribution in [0.5, 0.6) is 0 Å². The Morgan fingerprint density at radius 1 is 0.732 bits per heavy atom. The van der Waals surface area contributed by atoms with Gasteiger partial charge >= 0.3 is 0 Å². The van der Waals surface area contributed by atoms with Crippen LogP contribution in [0.25, 0.3) is 0 Å². The van der Waals surface area contributed by atoms with Gasteiger partial charge in [0.05, 0.1) is 6.10 Å². The van der Waals surface area contributed by atoms with Crippen molar-refractivity contribution < 1.29 is 14.7 Å². The van der Waals surface area contributed by atoms with Gasteiger partial charge in [-0.1, -0.05) is 0 Å². The second-order valence-corrected chi connectivity index (χ2v) is 10.8. The molecule has 1 aliphatic heterocycles. The lowest BCUT2D eigenvalue weighted by molar-refractivity contribution is 0.101. The quantitative estimate of drug-likeness (QED) is 0.191. The Morgan fingerprint density at radius 3 is 1.90 bits per heavy atom. The zero-order valence-corrected chi connectivity index (χ0v) is 23.0. The number of hydrogen-bond acceptors (Lipinski definition) is 5. The fourth-order valence-electron chi connectivity index (χ4n) is 5.52. The molecule has 6 rings (SSSR count). The second-order valence-electron chi connectivity index (χ2n) is 10.8. The Labute approximate surface area is 239 Å². The van der Waals surface area contributed by atoms with Crippen LogP contribution in [-0.4, -0.2) is 41.1 Å². The fourth-order valence-corrected chi connectivity index (χ4v) is 5.52. The molecule has 2 heterocycles. The number of amides is 2. The van der Waals surface area contributed by atoms with Gasteiger partial charge < -0.3 is 30.9 Å². The number of nitrogens with zero attached hydrogens (tertiary/aromatic N) is 1. The maximum absolute atomic E-state index is 12.8. The van der Waals surface area contributed by atoms with E-state index in [2.05, 4.69) is 25.8 Å². The Bertz CT molecular complexity index is 1480. The Kier molecular flexibility index (Phi) is 7.73. The summed E-state index contributed by atoms with van der Waals surface area (Å²) in [6.07, 6.45) is 5.72. The minimum atomic E-state index is -0.210. The minimum absolute atomic E-state index is 0.128. The van der Waals surface area contributed by atoms with Gasteiger partial charge in [-0.2, -0.15) is 0 Å². The monoisotopic (exact) mass is 549 g/mol. The molecule has 0 unspecified atom stereocenters. The van der Waals surface area contributed by atoms with Gasteiger partial charge in [0, 0.05) is 52.8 Å². The molecule has 8 nitrogen and oxygen atoms in total. The lowest BCUT2D eigenvalue weighted by Crippen LogP contribution is -2.35. The number of carbonyl (C=O) groups excluding carboxylic acids is 2. The molecular weight excluding hydrogens is 514 g/mol. The molecule has 0 radical (unpaired) electrons. The van der Waals surface area contributed by atoms with E-state index in [0.717, 1.165) is 61.5 Å². The third-order valence-electron chi connectivity index (χ3n) is 7.89. The Morgan fingerprint density at radius 2 is 1.29 bits per heavy atom. The predicted octanol–water partition coefficient (Wildman–Crippen LogP) is 6.10. The average molecular weight is 550 g/mol. The normalized spacial score (nSPS) is 15.2. The first-order valence-corrected chi connectivity index (χ1v) is 14.3. The Hall–Kier alpha value is -4.56. The molecule has 1 aliphatic carbocycles. The lowest BCUT2D eigenvalue weighted by atomic mass is 9.98. The van der Waals surface area contributed by atoms with Crippen LogP contribution in [0.15, 0.2) is 78.9 Å². The van der Waals surface area contributed by atoms with Crippen LogP contribution in [0, 0.1) is 0 Å². The number of aliphatic hydroxyl groups is 1. The molecular formula is C33H35N5O3. The van der Waals surface area contributed by atoms with Crippen LogP contribution in [0.1, 0.15) is 57.8 Å². The van der Waals surface area contributed by atoms with E-state index in [1.807, 2.05) is 78.9 Å². The van der Waals surface area contributed by atoms with E-state index in [1.54, 1.807) is 0 Å². The molecule has 0 saturated carbocycles.